The molecule has 0 radical (unpaired) electrons. The predicted octanol–water partition coefficient (Wildman–Crippen LogP) is 2.78. The fourth-order valence-corrected chi connectivity index (χ4v) is 1.63. The van der Waals surface area contributed by atoms with Gasteiger partial charge in [-0.25, -0.2) is 8.78 Å². The maximum absolute atomic E-state index is 13.0. The van der Waals surface area contributed by atoms with Gasteiger partial charge in [-0.15, -0.1) is 0 Å². The van der Waals surface area contributed by atoms with Gasteiger partial charge in [-0.05, 0) is 50.4 Å². The molecule has 0 aliphatic heterocycles. The number of rotatable bonds is 7. The summed E-state index contributed by atoms with van der Waals surface area (Å²) in [4.78, 5) is 0. The van der Waals surface area contributed by atoms with E-state index in [9.17, 15) is 8.78 Å². The molecule has 0 saturated heterocycles. The summed E-state index contributed by atoms with van der Waals surface area (Å²) in [6.07, 6.45) is 2.74. The van der Waals surface area contributed by atoms with E-state index < -0.39 is 11.6 Å². The highest BCUT2D eigenvalue weighted by molar-refractivity contribution is 5.20. The highest BCUT2D eigenvalue weighted by Crippen LogP contribution is 2.15. The van der Waals surface area contributed by atoms with Crippen LogP contribution < -0.4 is 5.32 Å². The molecule has 1 aromatic rings. The minimum Gasteiger partial charge on any atom is -0.396 e. The van der Waals surface area contributed by atoms with Crippen molar-refractivity contribution in [3.05, 3.63) is 35.4 Å². The first-order chi connectivity index (χ1) is 8.15. The average molecular weight is 243 g/mol. The van der Waals surface area contributed by atoms with Crippen LogP contribution in [0.15, 0.2) is 18.2 Å². The lowest BCUT2D eigenvalue weighted by Crippen LogP contribution is -2.20. The number of benzene rings is 1. The van der Waals surface area contributed by atoms with E-state index in [2.05, 4.69) is 5.32 Å². The Morgan fingerprint density at radius 2 is 1.94 bits per heavy atom. The van der Waals surface area contributed by atoms with Gasteiger partial charge in [0.1, 0.15) is 0 Å². The Morgan fingerprint density at radius 3 is 2.59 bits per heavy atom. The molecule has 0 fully saturated rings. The van der Waals surface area contributed by atoms with Crippen LogP contribution in [-0.4, -0.2) is 18.3 Å². The first-order valence-electron chi connectivity index (χ1n) is 5.94. The van der Waals surface area contributed by atoms with E-state index in [0.717, 1.165) is 37.4 Å². The van der Waals surface area contributed by atoms with E-state index in [4.69, 9.17) is 5.11 Å². The SMILES string of the molecule is CC(NCCCCCO)c1ccc(F)c(F)c1. The zero-order valence-electron chi connectivity index (χ0n) is 10.0. The molecule has 1 rings (SSSR count). The van der Waals surface area contributed by atoms with Crippen LogP contribution in [-0.2, 0) is 0 Å². The van der Waals surface area contributed by atoms with Gasteiger partial charge in [-0.2, -0.15) is 0 Å². The van der Waals surface area contributed by atoms with Crippen LogP contribution in [0.25, 0.3) is 0 Å². The molecule has 0 bridgehead atoms. The lowest BCUT2D eigenvalue weighted by molar-refractivity contribution is 0.282. The first kappa shape index (κ1) is 14.1. The second kappa shape index (κ2) is 7.35. The topological polar surface area (TPSA) is 32.3 Å². The van der Waals surface area contributed by atoms with Crippen molar-refractivity contribution in [2.45, 2.75) is 32.2 Å². The molecule has 0 spiro atoms. The third-order valence-corrected chi connectivity index (χ3v) is 2.73. The van der Waals surface area contributed by atoms with Crippen LogP contribution in [0.2, 0.25) is 0 Å². The molecule has 0 aliphatic carbocycles. The fourth-order valence-electron chi connectivity index (χ4n) is 1.63. The van der Waals surface area contributed by atoms with Gasteiger partial charge >= 0.3 is 0 Å². The van der Waals surface area contributed by atoms with Crippen LogP contribution in [0.3, 0.4) is 0 Å². The van der Waals surface area contributed by atoms with E-state index in [1.807, 2.05) is 6.92 Å². The Morgan fingerprint density at radius 1 is 1.18 bits per heavy atom. The second-order valence-corrected chi connectivity index (χ2v) is 4.13. The van der Waals surface area contributed by atoms with E-state index >= 15 is 0 Å². The van der Waals surface area contributed by atoms with Gasteiger partial charge in [-0.1, -0.05) is 6.07 Å². The molecule has 4 heteroatoms. The van der Waals surface area contributed by atoms with Crippen molar-refractivity contribution < 1.29 is 13.9 Å². The largest absolute Gasteiger partial charge is 0.396 e. The predicted molar refractivity (Wildman–Crippen MR) is 63.7 cm³/mol. The van der Waals surface area contributed by atoms with Crippen LogP contribution in [0, 0.1) is 11.6 Å². The molecule has 0 saturated carbocycles. The minimum absolute atomic E-state index is 0.000716. The van der Waals surface area contributed by atoms with E-state index in [1.54, 1.807) is 6.07 Å². The van der Waals surface area contributed by atoms with Gasteiger partial charge in [0.05, 0.1) is 0 Å². The molecule has 0 aromatic heterocycles. The van der Waals surface area contributed by atoms with Crippen molar-refractivity contribution >= 4 is 0 Å². The van der Waals surface area contributed by atoms with Crippen LogP contribution in [0.4, 0.5) is 8.78 Å². The van der Waals surface area contributed by atoms with Crippen LogP contribution in [0.1, 0.15) is 37.8 Å². The molecule has 17 heavy (non-hydrogen) atoms. The number of hydrogen-bond acceptors (Lipinski definition) is 2. The molecular weight excluding hydrogens is 224 g/mol. The average Bonchev–Trinajstić information content (AvgIpc) is 2.32. The smallest absolute Gasteiger partial charge is 0.159 e. The van der Waals surface area contributed by atoms with Gasteiger partial charge in [0, 0.05) is 12.6 Å². The third-order valence-electron chi connectivity index (χ3n) is 2.73. The molecule has 96 valence electrons. The van der Waals surface area contributed by atoms with Gasteiger partial charge in [0.15, 0.2) is 11.6 Å². The Labute approximate surface area is 101 Å². The quantitative estimate of drug-likeness (QED) is 0.722. The van der Waals surface area contributed by atoms with Gasteiger partial charge in [0.25, 0.3) is 0 Å². The molecule has 0 amide bonds. The normalized spacial score (nSPS) is 12.7. The summed E-state index contributed by atoms with van der Waals surface area (Å²) in [5.41, 5.74) is 0.742. The van der Waals surface area contributed by atoms with Crippen molar-refractivity contribution in [3.8, 4) is 0 Å². The summed E-state index contributed by atoms with van der Waals surface area (Å²) in [5.74, 6) is -1.62. The van der Waals surface area contributed by atoms with Crippen molar-refractivity contribution in [1.82, 2.24) is 5.32 Å². The number of hydrogen-bond donors (Lipinski definition) is 2. The first-order valence-corrected chi connectivity index (χ1v) is 5.94. The van der Waals surface area contributed by atoms with Crippen LogP contribution >= 0.6 is 0 Å². The Bertz CT molecular complexity index is 344. The molecule has 1 unspecified atom stereocenters. The molecule has 1 aromatic carbocycles. The third kappa shape index (κ3) is 4.79. The van der Waals surface area contributed by atoms with Gasteiger partial charge in [-0.3, -0.25) is 0 Å². The van der Waals surface area contributed by atoms with Gasteiger partial charge in [0.2, 0.25) is 0 Å². The van der Waals surface area contributed by atoms with Crippen LogP contribution in [0.5, 0.6) is 0 Å². The molecule has 2 N–H and O–H groups in total. The molecular formula is C13H19F2NO. The summed E-state index contributed by atoms with van der Waals surface area (Å²) in [6.45, 7) is 2.94. The summed E-state index contributed by atoms with van der Waals surface area (Å²) < 4.78 is 25.7. The summed E-state index contributed by atoms with van der Waals surface area (Å²) in [7, 11) is 0. The molecule has 0 heterocycles. The molecule has 0 aliphatic rings. The van der Waals surface area contributed by atoms with Crippen molar-refractivity contribution in [1.29, 1.82) is 0 Å². The molecule has 1 atom stereocenters. The zero-order valence-corrected chi connectivity index (χ0v) is 10.0. The van der Waals surface area contributed by atoms with E-state index in [0.29, 0.717) is 0 Å². The standard InChI is InChI=1S/C13H19F2NO/c1-10(16-7-3-2-4-8-17)11-5-6-12(14)13(15)9-11/h5-6,9-10,16-17H,2-4,7-8H2,1H3. The van der Waals surface area contributed by atoms with E-state index in [-0.39, 0.29) is 12.6 Å². The van der Waals surface area contributed by atoms with Gasteiger partial charge < -0.3 is 10.4 Å². The Hall–Kier alpha value is -1.00. The minimum atomic E-state index is -0.816. The van der Waals surface area contributed by atoms with Crippen molar-refractivity contribution in [3.63, 3.8) is 0 Å². The lowest BCUT2D eigenvalue weighted by Gasteiger charge is -2.14. The summed E-state index contributed by atoms with van der Waals surface area (Å²) in [6, 6.07) is 3.96. The Kier molecular flexibility index (Phi) is 6.08. The number of aliphatic hydroxyl groups is 1. The highest BCUT2D eigenvalue weighted by atomic mass is 19.2. The summed E-state index contributed by atoms with van der Waals surface area (Å²) in [5, 5.41) is 11.8. The van der Waals surface area contributed by atoms with Crippen molar-refractivity contribution in [2.24, 2.45) is 0 Å². The summed E-state index contributed by atoms with van der Waals surface area (Å²) >= 11 is 0. The maximum Gasteiger partial charge on any atom is 0.159 e. The second-order valence-electron chi connectivity index (χ2n) is 4.13. The Balaban J connectivity index is 2.36. The fraction of sp³-hybridized carbons (Fsp3) is 0.538. The van der Waals surface area contributed by atoms with E-state index in [1.165, 1.54) is 6.07 Å². The lowest BCUT2D eigenvalue weighted by atomic mass is 10.1. The monoisotopic (exact) mass is 243 g/mol. The van der Waals surface area contributed by atoms with Crippen molar-refractivity contribution in [2.75, 3.05) is 13.2 Å². The number of nitrogens with one attached hydrogen (secondary N) is 1. The molecule has 2 nitrogen and oxygen atoms in total. The maximum atomic E-state index is 13.0. The number of aliphatic hydroxyl groups excluding tert-OH is 1. The highest BCUT2D eigenvalue weighted by Gasteiger charge is 2.08. The zero-order chi connectivity index (χ0) is 12.7. The number of halogens is 2. The number of unbranched alkanes of at least 4 members (excludes halogenated alkanes) is 2.